The summed E-state index contributed by atoms with van der Waals surface area (Å²) in [5, 5.41) is 3.73. The largest absolute Gasteiger partial charge is 0.437 e. The molecular weight excluding hydrogens is 307 g/mol. The zero-order valence-corrected chi connectivity index (χ0v) is 14.0. The minimum Gasteiger partial charge on any atom is -0.437 e. The minimum absolute atomic E-state index is 0.105. The normalized spacial score (nSPS) is 11.3. The smallest absolute Gasteiger partial charge is 0.240 e. The molecule has 0 fully saturated rings. The third-order valence-electron chi connectivity index (χ3n) is 3.07. The highest BCUT2D eigenvalue weighted by atomic mass is 35.5. The highest BCUT2D eigenvalue weighted by Crippen LogP contribution is 2.34. The Labute approximate surface area is 135 Å². The van der Waals surface area contributed by atoms with Crippen molar-refractivity contribution in [1.82, 2.24) is 4.98 Å². The van der Waals surface area contributed by atoms with Gasteiger partial charge < -0.3 is 10.1 Å². The van der Waals surface area contributed by atoms with Crippen LogP contribution in [-0.4, -0.2) is 12.0 Å². The topological polar surface area (TPSA) is 34.2 Å². The molecule has 2 aromatic rings. The first-order chi connectivity index (χ1) is 9.81. The van der Waals surface area contributed by atoms with Crippen LogP contribution in [0.3, 0.4) is 0 Å². The number of halogens is 2. The maximum absolute atomic E-state index is 6.11. The van der Waals surface area contributed by atoms with E-state index in [0.717, 1.165) is 0 Å². The second-order valence-electron chi connectivity index (χ2n) is 5.73. The predicted molar refractivity (Wildman–Crippen MR) is 89.0 cm³/mol. The molecule has 0 saturated heterocycles. The first kappa shape index (κ1) is 15.9. The molecule has 0 atom stereocenters. The van der Waals surface area contributed by atoms with Crippen molar-refractivity contribution in [2.24, 2.45) is 0 Å². The van der Waals surface area contributed by atoms with Crippen molar-refractivity contribution in [3.05, 3.63) is 45.9 Å². The van der Waals surface area contributed by atoms with E-state index in [1.54, 1.807) is 13.1 Å². The van der Waals surface area contributed by atoms with Crippen molar-refractivity contribution in [1.29, 1.82) is 0 Å². The Morgan fingerprint density at radius 2 is 1.67 bits per heavy atom. The third kappa shape index (κ3) is 3.80. The first-order valence-corrected chi connectivity index (χ1v) is 7.39. The molecule has 1 aromatic heterocycles. The molecule has 0 aliphatic rings. The van der Waals surface area contributed by atoms with Crippen LogP contribution >= 0.6 is 23.2 Å². The van der Waals surface area contributed by atoms with Crippen LogP contribution in [0, 0.1) is 0 Å². The van der Waals surface area contributed by atoms with Gasteiger partial charge in [-0.2, -0.15) is 4.98 Å². The Bertz CT molecular complexity index is 634. The predicted octanol–water partition coefficient (Wildman–Crippen LogP) is 5.52. The number of pyridine rings is 1. The molecule has 112 valence electrons. The van der Waals surface area contributed by atoms with Crippen LogP contribution in [0.25, 0.3) is 0 Å². The van der Waals surface area contributed by atoms with Gasteiger partial charge in [0, 0.05) is 7.05 Å². The van der Waals surface area contributed by atoms with Gasteiger partial charge in [0.15, 0.2) is 0 Å². The van der Waals surface area contributed by atoms with E-state index in [9.17, 15) is 0 Å². The van der Waals surface area contributed by atoms with Crippen LogP contribution in [-0.2, 0) is 5.41 Å². The summed E-state index contributed by atoms with van der Waals surface area (Å²) in [7, 11) is 1.74. The fraction of sp³-hybridized carbons (Fsp3) is 0.312. The summed E-state index contributed by atoms with van der Waals surface area (Å²) in [5.74, 6) is 1.54. The molecule has 0 aliphatic heterocycles. The number of hydrogen-bond donors (Lipinski definition) is 1. The Balaban J connectivity index is 2.26. The summed E-state index contributed by atoms with van der Waals surface area (Å²) < 4.78 is 5.73. The summed E-state index contributed by atoms with van der Waals surface area (Å²) in [6.45, 7) is 6.50. The zero-order chi connectivity index (χ0) is 15.6. The molecule has 1 N–H and O–H groups in total. The number of benzene rings is 1. The summed E-state index contributed by atoms with van der Waals surface area (Å²) in [5.41, 5.74) is 1.34. The molecule has 2 rings (SSSR count). The Kier molecular flexibility index (Phi) is 4.64. The van der Waals surface area contributed by atoms with Crippen LogP contribution < -0.4 is 10.1 Å². The molecule has 3 nitrogen and oxygen atoms in total. The SMILES string of the molecule is CNc1nc(Oc2ccc(C(C)(C)C)cc2)c(Cl)cc1Cl. The Morgan fingerprint density at radius 3 is 2.19 bits per heavy atom. The van der Waals surface area contributed by atoms with Gasteiger partial charge >= 0.3 is 0 Å². The maximum Gasteiger partial charge on any atom is 0.240 e. The summed E-state index contributed by atoms with van der Waals surface area (Å²) in [6.07, 6.45) is 0. The molecule has 1 aromatic carbocycles. The molecule has 0 unspecified atom stereocenters. The van der Waals surface area contributed by atoms with E-state index >= 15 is 0 Å². The van der Waals surface area contributed by atoms with Crippen LogP contribution in [0.5, 0.6) is 11.6 Å². The lowest BCUT2D eigenvalue weighted by molar-refractivity contribution is 0.463. The van der Waals surface area contributed by atoms with E-state index in [4.69, 9.17) is 27.9 Å². The van der Waals surface area contributed by atoms with Crippen molar-refractivity contribution in [3.63, 3.8) is 0 Å². The van der Waals surface area contributed by atoms with E-state index in [-0.39, 0.29) is 5.41 Å². The van der Waals surface area contributed by atoms with E-state index in [1.165, 1.54) is 5.56 Å². The third-order valence-corrected chi connectivity index (χ3v) is 3.63. The molecule has 1 heterocycles. The second kappa shape index (κ2) is 6.12. The fourth-order valence-electron chi connectivity index (χ4n) is 1.83. The molecule has 0 aliphatic carbocycles. The van der Waals surface area contributed by atoms with E-state index < -0.39 is 0 Å². The Morgan fingerprint density at radius 1 is 1.05 bits per heavy atom. The average molecular weight is 325 g/mol. The first-order valence-electron chi connectivity index (χ1n) is 6.63. The van der Waals surface area contributed by atoms with Gasteiger partial charge in [0.25, 0.3) is 0 Å². The minimum atomic E-state index is 0.105. The number of anilines is 1. The number of nitrogens with one attached hydrogen (secondary N) is 1. The molecule has 0 amide bonds. The standard InChI is InChI=1S/C16H18Cl2N2O/c1-16(2,3)10-5-7-11(8-6-10)21-15-13(18)9-12(17)14(19-4)20-15/h5-9H,1-4H3,(H,19,20). The molecule has 21 heavy (non-hydrogen) atoms. The van der Waals surface area contributed by atoms with Crippen molar-refractivity contribution in [2.75, 3.05) is 12.4 Å². The van der Waals surface area contributed by atoms with Gasteiger partial charge in [-0.1, -0.05) is 56.1 Å². The highest BCUT2D eigenvalue weighted by Gasteiger charge is 2.14. The molecule has 0 bridgehead atoms. The highest BCUT2D eigenvalue weighted by molar-refractivity contribution is 6.36. The van der Waals surface area contributed by atoms with Crippen LogP contribution in [0.1, 0.15) is 26.3 Å². The van der Waals surface area contributed by atoms with Crippen molar-refractivity contribution < 1.29 is 4.74 Å². The zero-order valence-electron chi connectivity index (χ0n) is 12.5. The lowest BCUT2D eigenvalue weighted by Gasteiger charge is -2.19. The lowest BCUT2D eigenvalue weighted by Crippen LogP contribution is -2.10. The van der Waals surface area contributed by atoms with Gasteiger partial charge in [0.1, 0.15) is 16.6 Å². The van der Waals surface area contributed by atoms with E-state index in [2.05, 4.69) is 31.1 Å². The molecule has 5 heteroatoms. The fourth-order valence-corrected chi connectivity index (χ4v) is 2.32. The summed E-state index contributed by atoms with van der Waals surface area (Å²) in [6, 6.07) is 9.51. The van der Waals surface area contributed by atoms with Gasteiger partial charge in [-0.3, -0.25) is 0 Å². The monoisotopic (exact) mass is 324 g/mol. The van der Waals surface area contributed by atoms with Gasteiger partial charge in [-0.25, -0.2) is 0 Å². The Hall–Kier alpha value is -1.45. The van der Waals surface area contributed by atoms with Crippen LogP contribution in [0.15, 0.2) is 30.3 Å². The maximum atomic E-state index is 6.11. The summed E-state index contributed by atoms with van der Waals surface area (Å²) in [4.78, 5) is 4.26. The van der Waals surface area contributed by atoms with Gasteiger partial charge in [-0.05, 0) is 29.2 Å². The number of hydrogen-bond acceptors (Lipinski definition) is 3. The quantitative estimate of drug-likeness (QED) is 0.807. The van der Waals surface area contributed by atoms with Crippen molar-refractivity contribution in [3.8, 4) is 11.6 Å². The van der Waals surface area contributed by atoms with E-state index in [0.29, 0.717) is 27.5 Å². The summed E-state index contributed by atoms with van der Waals surface area (Å²) >= 11 is 12.1. The van der Waals surface area contributed by atoms with Gasteiger partial charge in [-0.15, -0.1) is 0 Å². The van der Waals surface area contributed by atoms with Crippen LogP contribution in [0.2, 0.25) is 10.0 Å². The van der Waals surface area contributed by atoms with E-state index in [1.807, 2.05) is 24.3 Å². The van der Waals surface area contributed by atoms with Crippen molar-refractivity contribution in [2.45, 2.75) is 26.2 Å². The number of aromatic nitrogens is 1. The van der Waals surface area contributed by atoms with Crippen molar-refractivity contribution >= 4 is 29.0 Å². The second-order valence-corrected chi connectivity index (χ2v) is 6.55. The molecule has 0 saturated carbocycles. The molecule has 0 spiro atoms. The molecule has 0 radical (unpaired) electrons. The number of nitrogens with zero attached hydrogens (tertiary/aromatic N) is 1. The van der Waals surface area contributed by atoms with Gasteiger partial charge in [0.05, 0.1) is 5.02 Å². The average Bonchev–Trinajstić information content (AvgIpc) is 2.41. The lowest BCUT2D eigenvalue weighted by atomic mass is 9.87. The number of ether oxygens (including phenoxy) is 1. The van der Waals surface area contributed by atoms with Crippen LogP contribution in [0.4, 0.5) is 5.82 Å². The molecular formula is C16H18Cl2N2O. The van der Waals surface area contributed by atoms with Gasteiger partial charge in [0.2, 0.25) is 5.88 Å². The number of rotatable bonds is 3.